The quantitative estimate of drug-likeness (QED) is 0.781. The van der Waals surface area contributed by atoms with E-state index in [-0.39, 0.29) is 11.5 Å². The molecule has 0 radical (unpaired) electrons. The van der Waals surface area contributed by atoms with Gasteiger partial charge in [0.2, 0.25) is 0 Å². The smallest absolute Gasteiger partial charge is 0.177 e. The van der Waals surface area contributed by atoms with Gasteiger partial charge in [-0.3, -0.25) is 9.48 Å². The number of ketones is 1. The van der Waals surface area contributed by atoms with Crippen molar-refractivity contribution >= 4 is 5.78 Å². The second-order valence-corrected chi connectivity index (χ2v) is 3.64. The first-order valence-electron chi connectivity index (χ1n) is 4.92. The van der Waals surface area contributed by atoms with Crippen LogP contribution in [-0.4, -0.2) is 20.7 Å². The van der Waals surface area contributed by atoms with Crippen LogP contribution in [0.3, 0.4) is 0 Å². The molecule has 1 N–H and O–H groups in total. The van der Waals surface area contributed by atoms with E-state index in [1.165, 1.54) is 6.92 Å². The van der Waals surface area contributed by atoms with Crippen LogP contribution in [0.2, 0.25) is 0 Å². The van der Waals surface area contributed by atoms with Gasteiger partial charge in [0.05, 0.1) is 5.69 Å². The molecule has 0 fully saturated rings. The first-order chi connectivity index (χ1) is 7.58. The van der Waals surface area contributed by atoms with Gasteiger partial charge in [0, 0.05) is 19.5 Å². The van der Waals surface area contributed by atoms with E-state index < -0.39 is 0 Å². The van der Waals surface area contributed by atoms with Gasteiger partial charge in [0.15, 0.2) is 5.78 Å². The summed E-state index contributed by atoms with van der Waals surface area (Å²) in [6.45, 7) is 1.50. The van der Waals surface area contributed by atoms with Crippen molar-refractivity contribution in [1.29, 1.82) is 0 Å². The van der Waals surface area contributed by atoms with E-state index in [2.05, 4.69) is 5.10 Å². The number of hydrogen-bond donors (Lipinski definition) is 1. The van der Waals surface area contributed by atoms with Crippen molar-refractivity contribution in [2.24, 2.45) is 7.05 Å². The summed E-state index contributed by atoms with van der Waals surface area (Å²) in [7, 11) is 1.73. The van der Waals surface area contributed by atoms with Gasteiger partial charge in [0.25, 0.3) is 0 Å². The number of benzene rings is 1. The third-order valence-corrected chi connectivity index (χ3v) is 2.38. The molecule has 0 saturated heterocycles. The minimum Gasteiger partial charge on any atom is -0.508 e. The van der Waals surface area contributed by atoms with Crippen molar-refractivity contribution in [2.75, 3.05) is 0 Å². The Balaban J connectivity index is 2.49. The molecular weight excluding hydrogens is 204 g/mol. The van der Waals surface area contributed by atoms with E-state index >= 15 is 0 Å². The number of aromatic hydroxyl groups is 1. The molecule has 2 rings (SSSR count). The second kappa shape index (κ2) is 3.81. The van der Waals surface area contributed by atoms with E-state index in [1.54, 1.807) is 36.0 Å². The third kappa shape index (κ3) is 1.82. The Morgan fingerprint density at radius 2 is 2.12 bits per heavy atom. The minimum absolute atomic E-state index is 0.0265. The fourth-order valence-corrected chi connectivity index (χ4v) is 1.60. The van der Waals surface area contributed by atoms with Crippen molar-refractivity contribution in [3.63, 3.8) is 0 Å². The van der Waals surface area contributed by atoms with Crippen LogP contribution < -0.4 is 0 Å². The number of aromatic nitrogens is 2. The molecule has 1 aromatic carbocycles. The molecule has 1 aromatic heterocycles. The lowest BCUT2D eigenvalue weighted by Gasteiger charge is -1.96. The van der Waals surface area contributed by atoms with E-state index in [1.807, 2.05) is 6.07 Å². The van der Waals surface area contributed by atoms with Crippen LogP contribution in [0.25, 0.3) is 11.3 Å². The normalized spacial score (nSPS) is 10.4. The van der Waals surface area contributed by atoms with Gasteiger partial charge in [-0.25, -0.2) is 0 Å². The van der Waals surface area contributed by atoms with Crippen molar-refractivity contribution in [3.05, 3.63) is 36.0 Å². The maximum Gasteiger partial charge on any atom is 0.177 e. The predicted molar refractivity (Wildman–Crippen MR) is 60.3 cm³/mol. The first-order valence-corrected chi connectivity index (χ1v) is 4.92. The van der Waals surface area contributed by atoms with Crippen LogP contribution in [0.15, 0.2) is 30.3 Å². The Labute approximate surface area is 93.1 Å². The molecule has 4 heteroatoms. The standard InChI is InChI=1S/C12H12N2O2/c1-8(15)12-7-11(13-14(12)2)9-4-3-5-10(16)6-9/h3-7,16H,1-2H3. The molecule has 82 valence electrons. The summed E-state index contributed by atoms with van der Waals surface area (Å²) >= 11 is 0. The number of Topliss-reactive ketones (excluding diaryl/α,β-unsaturated/α-hetero) is 1. The molecule has 2 aromatic rings. The van der Waals surface area contributed by atoms with Crippen molar-refractivity contribution in [3.8, 4) is 17.0 Å². The molecule has 0 saturated carbocycles. The van der Waals surface area contributed by atoms with E-state index in [4.69, 9.17) is 0 Å². The summed E-state index contributed by atoms with van der Waals surface area (Å²) < 4.78 is 1.54. The SMILES string of the molecule is CC(=O)c1cc(-c2cccc(O)c2)nn1C. The molecule has 0 atom stereocenters. The fourth-order valence-electron chi connectivity index (χ4n) is 1.60. The number of carbonyl (C=O) groups excluding carboxylic acids is 1. The van der Waals surface area contributed by atoms with Crippen LogP contribution in [0, 0.1) is 0 Å². The summed E-state index contributed by atoms with van der Waals surface area (Å²) in [6, 6.07) is 8.51. The summed E-state index contributed by atoms with van der Waals surface area (Å²) in [4.78, 5) is 11.3. The van der Waals surface area contributed by atoms with Gasteiger partial charge >= 0.3 is 0 Å². The number of carbonyl (C=O) groups is 1. The minimum atomic E-state index is -0.0265. The summed E-state index contributed by atoms with van der Waals surface area (Å²) in [5.41, 5.74) is 2.03. The largest absolute Gasteiger partial charge is 0.508 e. The molecule has 16 heavy (non-hydrogen) atoms. The van der Waals surface area contributed by atoms with Crippen LogP contribution >= 0.6 is 0 Å². The molecule has 0 aliphatic heterocycles. The number of aryl methyl sites for hydroxylation is 1. The molecule has 0 spiro atoms. The maximum atomic E-state index is 11.3. The zero-order chi connectivity index (χ0) is 11.7. The number of phenolic OH excluding ortho intramolecular Hbond substituents is 1. The topological polar surface area (TPSA) is 55.1 Å². The fraction of sp³-hybridized carbons (Fsp3) is 0.167. The number of phenols is 1. The highest BCUT2D eigenvalue weighted by Gasteiger charge is 2.10. The average Bonchev–Trinajstić information content (AvgIpc) is 2.60. The van der Waals surface area contributed by atoms with E-state index in [0.717, 1.165) is 5.56 Å². The van der Waals surface area contributed by atoms with Gasteiger partial charge in [-0.05, 0) is 18.2 Å². The molecule has 0 unspecified atom stereocenters. The third-order valence-electron chi connectivity index (χ3n) is 2.38. The highest BCUT2D eigenvalue weighted by Crippen LogP contribution is 2.22. The lowest BCUT2D eigenvalue weighted by atomic mass is 10.1. The number of hydrogen-bond acceptors (Lipinski definition) is 3. The zero-order valence-electron chi connectivity index (χ0n) is 9.14. The van der Waals surface area contributed by atoms with Gasteiger partial charge in [0.1, 0.15) is 11.4 Å². The maximum absolute atomic E-state index is 11.3. The van der Waals surface area contributed by atoms with Crippen LogP contribution in [0.4, 0.5) is 0 Å². The van der Waals surface area contributed by atoms with Crippen molar-refractivity contribution in [2.45, 2.75) is 6.92 Å². The lowest BCUT2D eigenvalue weighted by Crippen LogP contribution is -2.02. The first kappa shape index (κ1) is 10.4. The van der Waals surface area contributed by atoms with Crippen LogP contribution in [0.1, 0.15) is 17.4 Å². The monoisotopic (exact) mass is 216 g/mol. The highest BCUT2D eigenvalue weighted by molar-refractivity contribution is 5.93. The molecule has 1 heterocycles. The van der Waals surface area contributed by atoms with Gasteiger partial charge in [-0.1, -0.05) is 12.1 Å². The van der Waals surface area contributed by atoms with Crippen LogP contribution in [-0.2, 0) is 7.05 Å². The van der Waals surface area contributed by atoms with Crippen molar-refractivity contribution in [1.82, 2.24) is 9.78 Å². The zero-order valence-corrected chi connectivity index (χ0v) is 9.14. The summed E-state index contributed by atoms with van der Waals surface area (Å²) in [5.74, 6) is 0.161. The molecular formula is C12H12N2O2. The average molecular weight is 216 g/mol. The van der Waals surface area contributed by atoms with E-state index in [9.17, 15) is 9.90 Å². The number of rotatable bonds is 2. The van der Waals surface area contributed by atoms with Crippen LogP contribution in [0.5, 0.6) is 5.75 Å². The number of nitrogens with zero attached hydrogens (tertiary/aromatic N) is 2. The van der Waals surface area contributed by atoms with E-state index in [0.29, 0.717) is 11.4 Å². The molecule has 0 amide bonds. The Hall–Kier alpha value is -2.10. The Kier molecular flexibility index (Phi) is 2.48. The predicted octanol–water partition coefficient (Wildman–Crippen LogP) is 2.00. The molecule has 0 bridgehead atoms. The molecule has 0 aliphatic rings. The van der Waals surface area contributed by atoms with Gasteiger partial charge in [-0.2, -0.15) is 5.10 Å². The lowest BCUT2D eigenvalue weighted by molar-refractivity contribution is 0.100. The Bertz CT molecular complexity index is 544. The highest BCUT2D eigenvalue weighted by atomic mass is 16.3. The molecule has 4 nitrogen and oxygen atoms in total. The van der Waals surface area contributed by atoms with Crippen molar-refractivity contribution < 1.29 is 9.90 Å². The van der Waals surface area contributed by atoms with Gasteiger partial charge < -0.3 is 5.11 Å². The van der Waals surface area contributed by atoms with Gasteiger partial charge in [-0.15, -0.1) is 0 Å². The molecule has 0 aliphatic carbocycles. The Morgan fingerprint density at radius 1 is 1.38 bits per heavy atom. The second-order valence-electron chi connectivity index (χ2n) is 3.64. The summed E-state index contributed by atoms with van der Waals surface area (Å²) in [5, 5.41) is 13.6. The summed E-state index contributed by atoms with van der Waals surface area (Å²) in [6.07, 6.45) is 0. The Morgan fingerprint density at radius 3 is 2.69 bits per heavy atom.